The van der Waals surface area contributed by atoms with Crippen LogP contribution in [0.15, 0.2) is 23.7 Å². The van der Waals surface area contributed by atoms with E-state index in [1.165, 1.54) is 12.8 Å². The predicted octanol–water partition coefficient (Wildman–Crippen LogP) is 1.93. The van der Waals surface area contributed by atoms with E-state index < -0.39 is 17.1 Å². The summed E-state index contributed by atoms with van der Waals surface area (Å²) in [7, 11) is 0. The molecule has 2 N–H and O–H groups in total. The van der Waals surface area contributed by atoms with Crippen molar-refractivity contribution in [3.05, 3.63) is 23.7 Å². The second-order valence-electron chi connectivity index (χ2n) is 9.12. The molecule has 5 fully saturated rings. The highest BCUT2D eigenvalue weighted by Crippen LogP contribution is 2.69. The molecule has 2 bridgehead atoms. The van der Waals surface area contributed by atoms with Crippen LogP contribution in [0.5, 0.6) is 0 Å². The normalized spacial score (nSPS) is 50.7. The summed E-state index contributed by atoms with van der Waals surface area (Å²) in [5.41, 5.74) is -1.43. The Hall–Kier alpha value is -1.33. The zero-order valence-electron chi connectivity index (χ0n) is 14.4. The number of aliphatic hydroxyl groups excluding tert-OH is 1. The van der Waals surface area contributed by atoms with Gasteiger partial charge in [-0.3, -0.25) is 9.69 Å². The van der Waals surface area contributed by atoms with Gasteiger partial charge in [-0.1, -0.05) is 6.08 Å². The molecule has 0 aromatic heterocycles. The van der Waals surface area contributed by atoms with Crippen molar-refractivity contribution in [3.63, 3.8) is 0 Å². The molecule has 134 valence electrons. The van der Waals surface area contributed by atoms with Crippen LogP contribution in [0.4, 0.5) is 0 Å². The Balaban J connectivity index is 1.51. The van der Waals surface area contributed by atoms with Gasteiger partial charge in [-0.15, -0.1) is 0 Å². The van der Waals surface area contributed by atoms with Crippen LogP contribution in [-0.4, -0.2) is 51.7 Å². The van der Waals surface area contributed by atoms with Crippen LogP contribution in [0.25, 0.3) is 0 Å². The number of hydrogen-bond acceptors (Lipinski definition) is 5. The Labute approximate surface area is 147 Å². The van der Waals surface area contributed by atoms with E-state index in [0.29, 0.717) is 18.6 Å². The Morgan fingerprint density at radius 2 is 2.16 bits per heavy atom. The number of piperidine rings is 1. The van der Waals surface area contributed by atoms with Gasteiger partial charge in [-0.05, 0) is 56.6 Å². The first-order chi connectivity index (χ1) is 12.0. The van der Waals surface area contributed by atoms with Gasteiger partial charge in [0.2, 0.25) is 0 Å². The van der Waals surface area contributed by atoms with Gasteiger partial charge in [0.15, 0.2) is 17.6 Å². The number of Topliss-reactive ketones (excluding diaryl/α,β-unsaturated/α-hetero) is 1. The Bertz CT molecular complexity index is 725. The van der Waals surface area contributed by atoms with Crippen LogP contribution in [0.3, 0.4) is 0 Å². The first kappa shape index (κ1) is 14.8. The number of carbonyl (C=O) groups is 1. The van der Waals surface area contributed by atoms with Gasteiger partial charge in [0.1, 0.15) is 5.76 Å². The number of carbonyl (C=O) groups excluding carboxylic acids is 1. The highest BCUT2D eigenvalue weighted by atomic mass is 16.5. The quantitative estimate of drug-likeness (QED) is 0.802. The SMILES string of the molecule is O=C1CC[C@@]2(O)C3CC4C=CC(O)=C5O[C@@H]1[C@]2(CCN3CC1CC1)C54. The molecule has 3 unspecified atom stereocenters. The number of ether oxygens (including phenoxy) is 1. The van der Waals surface area contributed by atoms with Crippen LogP contribution in [-0.2, 0) is 9.53 Å². The average Bonchev–Trinajstić information content (AvgIpc) is 3.32. The average molecular weight is 343 g/mol. The van der Waals surface area contributed by atoms with Crippen molar-refractivity contribution in [1.29, 1.82) is 0 Å². The zero-order chi connectivity index (χ0) is 17.0. The molecule has 0 amide bonds. The first-order valence-corrected chi connectivity index (χ1v) is 9.82. The van der Waals surface area contributed by atoms with Crippen LogP contribution in [0.1, 0.15) is 38.5 Å². The Morgan fingerprint density at radius 3 is 2.96 bits per heavy atom. The lowest BCUT2D eigenvalue weighted by atomic mass is 9.44. The van der Waals surface area contributed by atoms with E-state index >= 15 is 0 Å². The molecule has 4 aliphatic carbocycles. The largest absolute Gasteiger partial charge is 0.504 e. The lowest BCUT2D eigenvalue weighted by Crippen LogP contribution is -2.76. The second-order valence-corrected chi connectivity index (χ2v) is 9.12. The summed E-state index contributed by atoms with van der Waals surface area (Å²) < 4.78 is 6.10. The predicted molar refractivity (Wildman–Crippen MR) is 89.6 cm³/mol. The summed E-state index contributed by atoms with van der Waals surface area (Å²) in [5, 5.41) is 22.4. The summed E-state index contributed by atoms with van der Waals surface area (Å²) in [6.07, 6.45) is 8.47. The zero-order valence-corrected chi connectivity index (χ0v) is 14.4. The van der Waals surface area contributed by atoms with Crippen molar-refractivity contribution in [2.75, 3.05) is 13.1 Å². The molecule has 5 nitrogen and oxygen atoms in total. The van der Waals surface area contributed by atoms with Gasteiger partial charge in [0, 0.05) is 24.9 Å². The number of ketones is 1. The summed E-state index contributed by atoms with van der Waals surface area (Å²) >= 11 is 0. The minimum Gasteiger partial charge on any atom is -0.504 e. The van der Waals surface area contributed by atoms with Crippen LogP contribution in [0.2, 0.25) is 0 Å². The molecule has 2 aliphatic heterocycles. The fourth-order valence-electron chi connectivity index (χ4n) is 6.87. The number of aliphatic hydroxyl groups is 2. The van der Waals surface area contributed by atoms with Crippen molar-refractivity contribution in [3.8, 4) is 0 Å². The van der Waals surface area contributed by atoms with E-state index in [2.05, 4.69) is 11.0 Å². The number of nitrogens with zero attached hydrogens (tertiary/aromatic N) is 1. The topological polar surface area (TPSA) is 70.0 Å². The fraction of sp³-hybridized carbons (Fsp3) is 0.750. The van der Waals surface area contributed by atoms with Crippen LogP contribution in [0, 0.1) is 23.2 Å². The van der Waals surface area contributed by atoms with Crippen molar-refractivity contribution < 1.29 is 19.7 Å². The van der Waals surface area contributed by atoms with Gasteiger partial charge in [-0.2, -0.15) is 0 Å². The van der Waals surface area contributed by atoms with Crippen LogP contribution >= 0.6 is 0 Å². The molecule has 0 aromatic carbocycles. The van der Waals surface area contributed by atoms with Gasteiger partial charge < -0.3 is 14.9 Å². The highest BCUT2D eigenvalue weighted by molar-refractivity contribution is 5.87. The summed E-state index contributed by atoms with van der Waals surface area (Å²) in [4.78, 5) is 15.2. The van der Waals surface area contributed by atoms with E-state index in [1.807, 2.05) is 0 Å². The second kappa shape index (κ2) is 4.49. The van der Waals surface area contributed by atoms with Gasteiger partial charge in [0.05, 0.1) is 11.0 Å². The van der Waals surface area contributed by atoms with E-state index in [9.17, 15) is 15.0 Å². The number of likely N-dealkylation sites (tertiary alicyclic amines) is 1. The Kier molecular flexibility index (Phi) is 2.66. The van der Waals surface area contributed by atoms with E-state index in [4.69, 9.17) is 4.74 Å². The molecule has 6 aliphatic rings. The lowest BCUT2D eigenvalue weighted by molar-refractivity contribution is -0.244. The molecule has 2 saturated heterocycles. The maximum absolute atomic E-state index is 12.7. The molecule has 0 aromatic rings. The molecule has 3 saturated carbocycles. The number of hydrogen-bond donors (Lipinski definition) is 2. The Morgan fingerprint density at radius 1 is 1.32 bits per heavy atom. The monoisotopic (exact) mass is 343 g/mol. The smallest absolute Gasteiger partial charge is 0.174 e. The fourth-order valence-corrected chi connectivity index (χ4v) is 6.87. The van der Waals surface area contributed by atoms with E-state index in [1.54, 1.807) is 6.08 Å². The maximum Gasteiger partial charge on any atom is 0.174 e. The van der Waals surface area contributed by atoms with E-state index in [-0.39, 0.29) is 29.4 Å². The van der Waals surface area contributed by atoms with Crippen molar-refractivity contribution >= 4 is 5.78 Å². The first-order valence-electron chi connectivity index (χ1n) is 9.82. The maximum atomic E-state index is 12.7. The summed E-state index contributed by atoms with van der Waals surface area (Å²) in [6.45, 7) is 2.01. The highest BCUT2D eigenvalue weighted by Gasteiger charge is 2.77. The number of rotatable bonds is 2. The minimum absolute atomic E-state index is 0.0453. The van der Waals surface area contributed by atoms with Gasteiger partial charge >= 0.3 is 0 Å². The standard InChI is InChI=1S/C20H25NO4/c22-13-4-3-12-9-15-20(24)6-5-14(23)18-19(20,16(12)17(13)25-18)7-8-21(15)10-11-1-2-11/h3-4,11-12,15-16,18,22,24H,1-2,5-10H2/t12?,15?,16?,18-,19-,20+/m0/s1. The third-order valence-corrected chi connectivity index (χ3v) is 8.07. The molecular formula is C20H25NO4. The molecule has 6 atom stereocenters. The van der Waals surface area contributed by atoms with Gasteiger partial charge in [-0.25, -0.2) is 0 Å². The summed E-state index contributed by atoms with van der Waals surface area (Å²) in [5.74, 6) is 1.82. The molecule has 25 heavy (non-hydrogen) atoms. The van der Waals surface area contributed by atoms with E-state index in [0.717, 1.165) is 31.8 Å². The molecule has 2 heterocycles. The number of allylic oxidation sites excluding steroid dienone is 3. The minimum atomic E-state index is -0.882. The third kappa shape index (κ3) is 1.61. The third-order valence-electron chi connectivity index (χ3n) is 8.07. The summed E-state index contributed by atoms with van der Waals surface area (Å²) in [6, 6.07) is 0.103. The molecule has 6 rings (SSSR count). The van der Waals surface area contributed by atoms with Crippen molar-refractivity contribution in [2.45, 2.75) is 56.3 Å². The molecule has 5 heteroatoms. The molecule has 0 radical (unpaired) electrons. The van der Waals surface area contributed by atoms with Crippen LogP contribution < -0.4 is 0 Å². The van der Waals surface area contributed by atoms with Crippen molar-refractivity contribution in [2.24, 2.45) is 23.2 Å². The van der Waals surface area contributed by atoms with Crippen molar-refractivity contribution in [1.82, 2.24) is 4.90 Å². The van der Waals surface area contributed by atoms with Gasteiger partial charge in [0.25, 0.3) is 0 Å². The molecular weight excluding hydrogens is 318 g/mol. The lowest BCUT2D eigenvalue weighted by Gasteiger charge is -2.65. The molecule has 1 spiro atoms.